The minimum Gasteiger partial charge on any atom is -0.310 e. The van der Waals surface area contributed by atoms with Gasteiger partial charge in [-0.2, -0.15) is 0 Å². The Hall–Kier alpha value is -2.92. The Bertz CT molecular complexity index is 982. The van der Waals surface area contributed by atoms with Crippen molar-refractivity contribution >= 4 is 23.3 Å². The zero-order valence-corrected chi connectivity index (χ0v) is 14.3. The number of carbonyl (C=O) groups is 1. The molecule has 0 atom stereocenters. The van der Waals surface area contributed by atoms with Crippen molar-refractivity contribution < 1.29 is 4.79 Å². The predicted octanol–water partition coefficient (Wildman–Crippen LogP) is 3.51. The van der Waals surface area contributed by atoms with Gasteiger partial charge in [0.15, 0.2) is 0 Å². The number of benzene rings is 1. The number of pyridine rings is 2. The van der Waals surface area contributed by atoms with Gasteiger partial charge in [0.25, 0.3) is 11.5 Å². The molecule has 0 bridgehead atoms. The Labute approximate surface area is 149 Å². The van der Waals surface area contributed by atoms with Gasteiger partial charge in [0.2, 0.25) is 0 Å². The van der Waals surface area contributed by atoms with Crippen LogP contribution < -0.4 is 10.9 Å². The van der Waals surface area contributed by atoms with Crippen LogP contribution in [0.25, 0.3) is 0 Å². The number of nitrogens with zero attached hydrogens (tertiary/aromatic N) is 2. The highest BCUT2D eigenvalue weighted by Gasteiger charge is 2.11. The largest absolute Gasteiger partial charge is 0.310 e. The van der Waals surface area contributed by atoms with E-state index in [1.165, 1.54) is 22.9 Å². The molecule has 25 heavy (non-hydrogen) atoms. The fourth-order valence-corrected chi connectivity index (χ4v) is 2.59. The van der Waals surface area contributed by atoms with Crippen LogP contribution in [0.5, 0.6) is 0 Å². The highest BCUT2D eigenvalue weighted by atomic mass is 35.5. The Kier molecular flexibility index (Phi) is 4.95. The Morgan fingerprint density at radius 1 is 1.16 bits per heavy atom. The van der Waals surface area contributed by atoms with Crippen LogP contribution in [0.4, 0.5) is 5.82 Å². The SMILES string of the molecule is Cc1cccnc1NC(=O)c1ccc(=O)n(Cc2ccccc2Cl)c1. The lowest BCUT2D eigenvalue weighted by atomic mass is 10.2. The Balaban J connectivity index is 1.86. The highest BCUT2D eigenvalue weighted by Crippen LogP contribution is 2.16. The number of aryl methyl sites for hydroxylation is 1. The number of halogens is 1. The van der Waals surface area contributed by atoms with E-state index in [9.17, 15) is 9.59 Å². The van der Waals surface area contributed by atoms with Crippen molar-refractivity contribution in [3.8, 4) is 0 Å². The molecule has 2 aromatic heterocycles. The summed E-state index contributed by atoms with van der Waals surface area (Å²) >= 11 is 6.15. The quantitative estimate of drug-likeness (QED) is 0.780. The molecular weight excluding hydrogens is 338 g/mol. The van der Waals surface area contributed by atoms with Gasteiger partial charge in [-0.1, -0.05) is 35.9 Å². The van der Waals surface area contributed by atoms with Crippen molar-refractivity contribution in [1.29, 1.82) is 0 Å². The van der Waals surface area contributed by atoms with Gasteiger partial charge in [-0.15, -0.1) is 0 Å². The molecule has 3 aromatic rings. The van der Waals surface area contributed by atoms with E-state index in [2.05, 4.69) is 10.3 Å². The predicted molar refractivity (Wildman–Crippen MR) is 98.2 cm³/mol. The normalized spacial score (nSPS) is 10.5. The van der Waals surface area contributed by atoms with E-state index in [-0.39, 0.29) is 11.5 Å². The Morgan fingerprint density at radius 2 is 1.96 bits per heavy atom. The monoisotopic (exact) mass is 353 g/mol. The van der Waals surface area contributed by atoms with Crippen LogP contribution in [0.3, 0.4) is 0 Å². The third-order valence-electron chi connectivity index (χ3n) is 3.79. The van der Waals surface area contributed by atoms with Crippen LogP contribution in [0.1, 0.15) is 21.5 Å². The molecule has 126 valence electrons. The molecule has 0 unspecified atom stereocenters. The van der Waals surface area contributed by atoms with Crippen LogP contribution >= 0.6 is 11.6 Å². The molecule has 1 N–H and O–H groups in total. The summed E-state index contributed by atoms with van der Waals surface area (Å²) in [6.07, 6.45) is 3.14. The molecule has 0 spiro atoms. The molecule has 1 amide bonds. The molecule has 6 heteroatoms. The van der Waals surface area contributed by atoms with Crippen molar-refractivity contribution in [1.82, 2.24) is 9.55 Å². The van der Waals surface area contributed by atoms with Crippen LogP contribution in [0.15, 0.2) is 65.7 Å². The minimum absolute atomic E-state index is 0.203. The Morgan fingerprint density at radius 3 is 2.72 bits per heavy atom. The molecule has 3 rings (SSSR count). The fourth-order valence-electron chi connectivity index (χ4n) is 2.40. The van der Waals surface area contributed by atoms with Gasteiger partial charge in [-0.25, -0.2) is 4.98 Å². The van der Waals surface area contributed by atoms with Crippen LogP contribution in [-0.2, 0) is 6.54 Å². The first kappa shape index (κ1) is 16.9. The van der Waals surface area contributed by atoms with Crippen molar-refractivity contribution in [2.75, 3.05) is 5.32 Å². The average molecular weight is 354 g/mol. The van der Waals surface area contributed by atoms with E-state index >= 15 is 0 Å². The molecule has 0 saturated carbocycles. The summed E-state index contributed by atoms with van der Waals surface area (Å²) in [4.78, 5) is 28.7. The third kappa shape index (κ3) is 3.95. The standard InChI is InChI=1S/C19H16ClN3O2/c1-13-5-4-10-21-18(13)22-19(25)15-8-9-17(24)23(12-15)11-14-6-2-3-7-16(14)20/h2-10,12H,11H2,1H3,(H,21,22,25). The highest BCUT2D eigenvalue weighted by molar-refractivity contribution is 6.31. The zero-order valence-electron chi connectivity index (χ0n) is 13.6. The van der Waals surface area contributed by atoms with Crippen molar-refractivity contribution in [3.05, 3.63) is 93.0 Å². The summed E-state index contributed by atoms with van der Waals surface area (Å²) in [5.41, 5.74) is 1.84. The topological polar surface area (TPSA) is 64.0 Å². The third-order valence-corrected chi connectivity index (χ3v) is 4.15. The van der Waals surface area contributed by atoms with E-state index in [4.69, 9.17) is 11.6 Å². The van der Waals surface area contributed by atoms with Gasteiger partial charge < -0.3 is 9.88 Å². The average Bonchev–Trinajstić information content (AvgIpc) is 2.60. The maximum absolute atomic E-state index is 12.5. The van der Waals surface area contributed by atoms with Crippen molar-refractivity contribution in [3.63, 3.8) is 0 Å². The van der Waals surface area contributed by atoms with E-state index in [0.717, 1.165) is 11.1 Å². The first-order valence-corrected chi connectivity index (χ1v) is 8.09. The second-order valence-electron chi connectivity index (χ2n) is 5.60. The van der Waals surface area contributed by atoms with Gasteiger partial charge >= 0.3 is 0 Å². The van der Waals surface area contributed by atoms with Crippen LogP contribution in [-0.4, -0.2) is 15.5 Å². The lowest BCUT2D eigenvalue weighted by Crippen LogP contribution is -2.23. The first-order valence-electron chi connectivity index (χ1n) is 7.71. The molecule has 0 saturated heterocycles. The molecule has 0 radical (unpaired) electrons. The minimum atomic E-state index is -0.324. The second kappa shape index (κ2) is 7.32. The van der Waals surface area contributed by atoms with E-state index in [1.54, 1.807) is 18.3 Å². The van der Waals surface area contributed by atoms with Gasteiger partial charge in [-0.3, -0.25) is 9.59 Å². The zero-order chi connectivity index (χ0) is 17.8. The second-order valence-corrected chi connectivity index (χ2v) is 6.01. The molecule has 2 heterocycles. The number of aromatic nitrogens is 2. The molecule has 0 aliphatic carbocycles. The number of anilines is 1. The van der Waals surface area contributed by atoms with Gasteiger partial charge in [0.1, 0.15) is 5.82 Å². The van der Waals surface area contributed by atoms with Gasteiger partial charge in [-0.05, 0) is 36.2 Å². The fraction of sp³-hybridized carbons (Fsp3) is 0.105. The molecule has 0 aliphatic heterocycles. The molecule has 0 aliphatic rings. The van der Waals surface area contributed by atoms with E-state index < -0.39 is 0 Å². The molecule has 0 fully saturated rings. The smallest absolute Gasteiger partial charge is 0.258 e. The number of carbonyl (C=O) groups excluding carboxylic acids is 1. The molecule has 1 aromatic carbocycles. The van der Waals surface area contributed by atoms with Crippen LogP contribution in [0, 0.1) is 6.92 Å². The summed E-state index contributed by atoms with van der Waals surface area (Å²) in [6, 6.07) is 13.8. The van der Waals surface area contributed by atoms with Gasteiger partial charge in [0.05, 0.1) is 12.1 Å². The number of amides is 1. The van der Waals surface area contributed by atoms with Crippen molar-refractivity contribution in [2.24, 2.45) is 0 Å². The summed E-state index contributed by atoms with van der Waals surface area (Å²) in [5, 5.41) is 3.33. The number of nitrogens with one attached hydrogen (secondary N) is 1. The van der Waals surface area contributed by atoms with Crippen molar-refractivity contribution in [2.45, 2.75) is 13.5 Å². The summed E-state index contributed by atoms with van der Waals surface area (Å²) < 4.78 is 1.46. The van der Waals surface area contributed by atoms with E-state index in [0.29, 0.717) is 22.9 Å². The maximum Gasteiger partial charge on any atom is 0.258 e. The lowest BCUT2D eigenvalue weighted by molar-refractivity contribution is 0.102. The first-order chi connectivity index (χ1) is 12.0. The number of rotatable bonds is 4. The van der Waals surface area contributed by atoms with Gasteiger partial charge in [0, 0.05) is 23.5 Å². The lowest BCUT2D eigenvalue weighted by Gasteiger charge is -2.10. The molecular formula is C19H16ClN3O2. The maximum atomic E-state index is 12.5. The van der Waals surface area contributed by atoms with E-state index in [1.807, 2.05) is 31.2 Å². The summed E-state index contributed by atoms with van der Waals surface area (Å²) in [6.45, 7) is 2.16. The summed E-state index contributed by atoms with van der Waals surface area (Å²) in [5.74, 6) is 0.172. The van der Waals surface area contributed by atoms with Crippen LogP contribution in [0.2, 0.25) is 5.02 Å². The summed E-state index contributed by atoms with van der Waals surface area (Å²) in [7, 11) is 0. The number of hydrogen-bond donors (Lipinski definition) is 1. The molecule has 5 nitrogen and oxygen atoms in total. The number of hydrogen-bond acceptors (Lipinski definition) is 3.